The molecule has 5 heteroatoms. The third-order valence-corrected chi connectivity index (χ3v) is 2.10. The first-order valence-electron chi connectivity index (χ1n) is 4.95. The zero-order valence-corrected chi connectivity index (χ0v) is 8.73. The Hall–Kier alpha value is -1.17. The van der Waals surface area contributed by atoms with E-state index in [4.69, 9.17) is 14.9 Å². The van der Waals surface area contributed by atoms with E-state index in [0.29, 0.717) is 5.56 Å². The Morgan fingerprint density at radius 2 is 2.19 bits per heavy atom. The van der Waals surface area contributed by atoms with Crippen molar-refractivity contribution < 1.29 is 24.4 Å². The first kappa shape index (κ1) is 12.9. The molecule has 0 bridgehead atoms. The molecule has 89 valence electrons. The van der Waals surface area contributed by atoms with Crippen molar-refractivity contribution in [2.45, 2.75) is 19.1 Å². The molecule has 1 atom stereocenters. The minimum Gasteiger partial charge on any atom is -0.493 e. The molecule has 0 aliphatic rings. The molecule has 0 spiro atoms. The third kappa shape index (κ3) is 3.77. The van der Waals surface area contributed by atoms with Gasteiger partial charge in [0.05, 0.1) is 19.3 Å². The van der Waals surface area contributed by atoms with E-state index in [-0.39, 0.29) is 25.4 Å². The topological polar surface area (TPSA) is 69.6 Å². The van der Waals surface area contributed by atoms with Gasteiger partial charge >= 0.3 is 0 Å². The summed E-state index contributed by atoms with van der Waals surface area (Å²) in [5, 5.41) is 28.3. The van der Waals surface area contributed by atoms with Gasteiger partial charge in [0.2, 0.25) is 0 Å². The van der Waals surface area contributed by atoms with Crippen molar-refractivity contribution in [3.63, 3.8) is 0 Å². The number of ether oxygens (including phenoxy) is 1. The predicted octanol–water partition coefficient (Wildman–Crippen LogP) is 0.878. The summed E-state index contributed by atoms with van der Waals surface area (Å²) in [5.74, 6) is -0.282. The second-order valence-corrected chi connectivity index (χ2v) is 3.37. The van der Waals surface area contributed by atoms with Crippen LogP contribution in [0, 0.1) is 5.82 Å². The molecule has 0 fully saturated rings. The van der Waals surface area contributed by atoms with E-state index in [0.717, 1.165) is 6.07 Å². The van der Waals surface area contributed by atoms with Crippen molar-refractivity contribution >= 4 is 0 Å². The molecule has 0 amide bonds. The van der Waals surface area contributed by atoms with Gasteiger partial charge in [0.15, 0.2) is 0 Å². The Balaban J connectivity index is 2.55. The van der Waals surface area contributed by atoms with Gasteiger partial charge in [-0.15, -0.1) is 0 Å². The average Bonchev–Trinajstić information content (AvgIpc) is 2.29. The molecule has 4 nitrogen and oxygen atoms in total. The summed E-state index contributed by atoms with van der Waals surface area (Å²) >= 11 is 0. The lowest BCUT2D eigenvalue weighted by atomic mass is 10.2. The predicted molar refractivity (Wildman–Crippen MR) is 54.0 cm³/mol. The highest BCUT2D eigenvalue weighted by Crippen LogP contribution is 2.20. The third-order valence-electron chi connectivity index (χ3n) is 2.10. The molecule has 1 aromatic carbocycles. The van der Waals surface area contributed by atoms with Crippen LogP contribution in [0.1, 0.15) is 12.0 Å². The Morgan fingerprint density at radius 1 is 1.44 bits per heavy atom. The minimum absolute atomic E-state index is 0.123. The van der Waals surface area contributed by atoms with Gasteiger partial charge in [-0.2, -0.15) is 0 Å². The van der Waals surface area contributed by atoms with Crippen molar-refractivity contribution in [1.82, 2.24) is 0 Å². The van der Waals surface area contributed by atoms with Crippen molar-refractivity contribution in [2.75, 3.05) is 13.2 Å². The lowest BCUT2D eigenvalue weighted by Gasteiger charge is -2.11. The van der Waals surface area contributed by atoms with Crippen LogP contribution in [0.5, 0.6) is 5.75 Å². The van der Waals surface area contributed by atoms with Crippen molar-refractivity contribution in [3.05, 3.63) is 29.6 Å². The maximum atomic E-state index is 12.9. The number of benzene rings is 1. The summed E-state index contributed by atoms with van der Waals surface area (Å²) in [4.78, 5) is 0. The van der Waals surface area contributed by atoms with E-state index >= 15 is 0 Å². The molecule has 0 unspecified atom stereocenters. The van der Waals surface area contributed by atoms with Crippen LogP contribution in [-0.2, 0) is 11.7 Å². The molecule has 1 radical (unpaired) electrons. The number of hydrogen-bond donors (Lipinski definition) is 2. The molecular weight excluding hydrogens is 215 g/mol. The SMILES string of the molecule is [O]Cc1ccc(F)cc1OCC[C@H](O)CO. The molecule has 0 aliphatic carbocycles. The van der Waals surface area contributed by atoms with Crippen LogP contribution in [0.2, 0.25) is 0 Å². The second kappa shape index (κ2) is 6.42. The number of hydrogen-bond acceptors (Lipinski definition) is 3. The molecule has 1 aromatic rings. The number of aliphatic hydroxyl groups excluding tert-OH is 2. The lowest BCUT2D eigenvalue weighted by molar-refractivity contribution is 0.0748. The summed E-state index contributed by atoms with van der Waals surface area (Å²) in [7, 11) is 0. The molecule has 16 heavy (non-hydrogen) atoms. The standard InChI is InChI=1S/C11H14FO4/c12-9-2-1-8(6-13)11(5-9)16-4-3-10(15)7-14/h1-2,5,10,14-15H,3-4,6-7H2/t10-/m0/s1. The normalized spacial score (nSPS) is 12.5. The van der Waals surface area contributed by atoms with Crippen LogP contribution in [0.4, 0.5) is 4.39 Å². The molecule has 1 rings (SSSR count). The Labute approximate surface area is 92.9 Å². The van der Waals surface area contributed by atoms with E-state index in [9.17, 15) is 9.50 Å². The van der Waals surface area contributed by atoms with Gasteiger partial charge < -0.3 is 14.9 Å². The summed E-state index contributed by atoms with van der Waals surface area (Å²) in [6.07, 6.45) is -0.630. The van der Waals surface area contributed by atoms with Crippen LogP contribution < -0.4 is 4.74 Å². The summed E-state index contributed by atoms with van der Waals surface area (Å²) in [6.45, 7) is -0.711. The number of aliphatic hydroxyl groups is 2. The molecule has 2 N–H and O–H groups in total. The fourth-order valence-corrected chi connectivity index (χ4v) is 1.18. The highest BCUT2D eigenvalue weighted by Gasteiger charge is 2.07. The molecule has 0 aromatic heterocycles. The fraction of sp³-hybridized carbons (Fsp3) is 0.455. The molecule has 0 saturated heterocycles. The van der Waals surface area contributed by atoms with Gasteiger partial charge in [-0.25, -0.2) is 9.50 Å². The van der Waals surface area contributed by atoms with E-state index < -0.39 is 18.5 Å². The molecular formula is C11H14FO4. The number of halogens is 1. The largest absolute Gasteiger partial charge is 0.493 e. The zero-order valence-electron chi connectivity index (χ0n) is 8.73. The van der Waals surface area contributed by atoms with Crippen LogP contribution in [0.3, 0.4) is 0 Å². The first-order valence-corrected chi connectivity index (χ1v) is 4.95. The van der Waals surface area contributed by atoms with Crippen LogP contribution >= 0.6 is 0 Å². The quantitative estimate of drug-likeness (QED) is 0.760. The highest BCUT2D eigenvalue weighted by atomic mass is 19.1. The van der Waals surface area contributed by atoms with Crippen molar-refractivity contribution in [1.29, 1.82) is 0 Å². The summed E-state index contributed by atoms with van der Waals surface area (Å²) in [6, 6.07) is 3.71. The molecule has 0 heterocycles. The number of rotatable bonds is 6. The smallest absolute Gasteiger partial charge is 0.127 e. The Kier molecular flexibility index (Phi) is 5.18. The molecule has 0 aliphatic heterocycles. The van der Waals surface area contributed by atoms with E-state index in [1.807, 2.05) is 0 Å². The van der Waals surface area contributed by atoms with Gasteiger partial charge in [-0.05, 0) is 12.1 Å². The van der Waals surface area contributed by atoms with Crippen molar-refractivity contribution in [2.24, 2.45) is 0 Å². The fourth-order valence-electron chi connectivity index (χ4n) is 1.18. The summed E-state index contributed by atoms with van der Waals surface area (Å²) < 4.78 is 18.0. The monoisotopic (exact) mass is 229 g/mol. The summed E-state index contributed by atoms with van der Waals surface area (Å²) in [5.41, 5.74) is 0.375. The van der Waals surface area contributed by atoms with E-state index in [2.05, 4.69) is 0 Å². The lowest BCUT2D eigenvalue weighted by Crippen LogP contribution is -2.16. The van der Waals surface area contributed by atoms with Gasteiger partial charge in [0.25, 0.3) is 0 Å². The van der Waals surface area contributed by atoms with Crippen LogP contribution in [-0.4, -0.2) is 29.5 Å². The highest BCUT2D eigenvalue weighted by molar-refractivity contribution is 5.33. The molecule has 0 saturated carbocycles. The van der Waals surface area contributed by atoms with Crippen LogP contribution in [0.15, 0.2) is 18.2 Å². The second-order valence-electron chi connectivity index (χ2n) is 3.37. The van der Waals surface area contributed by atoms with Crippen LogP contribution in [0.25, 0.3) is 0 Å². The van der Waals surface area contributed by atoms with Gasteiger partial charge in [0.1, 0.15) is 18.2 Å². The maximum absolute atomic E-state index is 12.9. The zero-order chi connectivity index (χ0) is 12.0. The van der Waals surface area contributed by atoms with E-state index in [1.165, 1.54) is 12.1 Å². The van der Waals surface area contributed by atoms with E-state index in [1.54, 1.807) is 0 Å². The van der Waals surface area contributed by atoms with Gasteiger partial charge in [-0.1, -0.05) is 0 Å². The average molecular weight is 229 g/mol. The maximum Gasteiger partial charge on any atom is 0.127 e. The Morgan fingerprint density at radius 3 is 2.81 bits per heavy atom. The Bertz CT molecular complexity index is 330. The first-order chi connectivity index (χ1) is 7.67. The van der Waals surface area contributed by atoms with Crippen molar-refractivity contribution in [3.8, 4) is 5.75 Å². The minimum atomic E-state index is -0.857. The van der Waals surface area contributed by atoms with Gasteiger partial charge in [-0.3, -0.25) is 0 Å². The van der Waals surface area contributed by atoms with Gasteiger partial charge in [0, 0.05) is 18.1 Å².